The van der Waals surface area contributed by atoms with E-state index in [1.165, 1.54) is 14.2 Å². The summed E-state index contributed by atoms with van der Waals surface area (Å²) in [5.74, 6) is 0.348. The van der Waals surface area contributed by atoms with Gasteiger partial charge in [-0.15, -0.1) is 0 Å². The van der Waals surface area contributed by atoms with Crippen LogP contribution in [0.5, 0.6) is 23.0 Å². The molecule has 4 aromatic heterocycles. The van der Waals surface area contributed by atoms with Crippen LogP contribution in [0.3, 0.4) is 0 Å². The summed E-state index contributed by atoms with van der Waals surface area (Å²) in [7, 11) is 2.95. The fraction of sp³-hybridized carbons (Fsp3) is 0.279. The molecule has 1 aliphatic heterocycles. The second-order valence-electron chi connectivity index (χ2n) is 13.9. The third kappa shape index (κ3) is 6.36. The number of aryl methyl sites for hydroxylation is 1. The fourth-order valence-corrected chi connectivity index (χ4v) is 8.05. The van der Waals surface area contributed by atoms with Crippen LogP contribution in [0.2, 0.25) is 0 Å². The first-order valence-corrected chi connectivity index (χ1v) is 18.8. The summed E-state index contributed by atoms with van der Waals surface area (Å²) < 4.78 is 24.2. The number of rotatable bonds is 11. The highest BCUT2D eigenvalue weighted by atomic mass is 16.7. The molecule has 1 unspecified atom stereocenters. The quantitative estimate of drug-likeness (QED) is 0.158. The van der Waals surface area contributed by atoms with Gasteiger partial charge in [0, 0.05) is 61.0 Å². The van der Waals surface area contributed by atoms with Gasteiger partial charge >= 0.3 is 0 Å². The molecule has 1 atom stereocenters. The van der Waals surface area contributed by atoms with Crippen molar-refractivity contribution in [3.63, 3.8) is 0 Å². The van der Waals surface area contributed by atoms with Gasteiger partial charge in [0.05, 0.1) is 41.9 Å². The number of fused-ring (bicyclic) bond motifs is 4. The van der Waals surface area contributed by atoms with Crippen molar-refractivity contribution in [3.05, 3.63) is 117 Å². The van der Waals surface area contributed by atoms with E-state index in [2.05, 4.69) is 20.6 Å². The smallest absolute Gasteiger partial charge is 0.259 e. The minimum Gasteiger partial charge on any atom is -0.493 e. The van der Waals surface area contributed by atoms with Crippen molar-refractivity contribution in [2.45, 2.75) is 51.5 Å². The molecule has 0 saturated heterocycles. The normalized spacial score (nSPS) is 15.7. The standard InChI is InChI=1S/C43H40N6O8/c1-5-43(13-9-31(50)37-28(43)8-7-14-45-37)39-27(18-25-19-34-35(57-23-56-34)21-29(25)47-39)41(52)48-40-36(42(53)46-17-12-24-10-15-44-16-11-24)38(51)26-20-32(54-3)33(55-4)22-30(26)49(40)6-2/h7-8,10-11,14-16,18-22H,5-6,9,12-13,17,23H2,1-4H3,(H,46,53)(H,48,52). The highest BCUT2D eigenvalue weighted by molar-refractivity contribution is 6.12. The molecule has 2 amide bonds. The Morgan fingerprint density at radius 3 is 2.42 bits per heavy atom. The van der Waals surface area contributed by atoms with Crippen molar-refractivity contribution >= 4 is 45.2 Å². The molecule has 2 N–H and O–H groups in total. The summed E-state index contributed by atoms with van der Waals surface area (Å²) in [6, 6.07) is 15.8. The lowest BCUT2D eigenvalue weighted by Crippen LogP contribution is -2.38. The van der Waals surface area contributed by atoms with Crippen molar-refractivity contribution in [3.8, 4) is 23.0 Å². The van der Waals surface area contributed by atoms with Crippen LogP contribution >= 0.6 is 0 Å². The second-order valence-corrected chi connectivity index (χ2v) is 13.9. The first-order chi connectivity index (χ1) is 27.7. The molecule has 290 valence electrons. The fourth-order valence-electron chi connectivity index (χ4n) is 8.05. The van der Waals surface area contributed by atoms with Gasteiger partial charge in [0.1, 0.15) is 17.1 Å². The number of anilines is 1. The molecule has 2 aromatic carbocycles. The number of carbonyl (C=O) groups is 3. The van der Waals surface area contributed by atoms with E-state index in [0.29, 0.717) is 75.6 Å². The average molecular weight is 769 g/mol. The van der Waals surface area contributed by atoms with Crippen molar-refractivity contribution in [1.82, 2.24) is 24.8 Å². The number of nitrogens with one attached hydrogen (secondary N) is 2. The van der Waals surface area contributed by atoms with E-state index in [1.54, 1.807) is 59.6 Å². The van der Waals surface area contributed by atoms with E-state index >= 15 is 4.79 Å². The molecule has 0 radical (unpaired) electrons. The van der Waals surface area contributed by atoms with Gasteiger partial charge in [-0.25, -0.2) is 0 Å². The Morgan fingerprint density at radius 2 is 1.68 bits per heavy atom. The lowest BCUT2D eigenvalue weighted by Gasteiger charge is -2.38. The molecular formula is C43H40N6O8. The lowest BCUT2D eigenvalue weighted by molar-refractivity contribution is 0.0944. The number of benzene rings is 2. The van der Waals surface area contributed by atoms with Gasteiger partial charge in [-0.05, 0) is 73.7 Å². The van der Waals surface area contributed by atoms with Crippen LogP contribution in [0.15, 0.2) is 78.0 Å². The van der Waals surface area contributed by atoms with Gasteiger partial charge in [-0.2, -0.15) is 0 Å². The Labute approximate surface area is 327 Å². The van der Waals surface area contributed by atoms with Crippen LogP contribution in [0.1, 0.15) is 81.1 Å². The zero-order chi connectivity index (χ0) is 39.8. The number of amides is 2. The maximum absolute atomic E-state index is 15.1. The molecular weight excluding hydrogens is 729 g/mol. The summed E-state index contributed by atoms with van der Waals surface area (Å²) >= 11 is 0. The zero-order valence-electron chi connectivity index (χ0n) is 31.9. The topological polar surface area (TPSA) is 173 Å². The van der Waals surface area contributed by atoms with E-state index in [9.17, 15) is 14.4 Å². The average Bonchev–Trinajstić information content (AvgIpc) is 3.70. The van der Waals surface area contributed by atoms with Crippen molar-refractivity contribution in [2.24, 2.45) is 0 Å². The van der Waals surface area contributed by atoms with Crippen molar-refractivity contribution in [1.29, 1.82) is 0 Å². The zero-order valence-corrected chi connectivity index (χ0v) is 31.9. The maximum atomic E-state index is 15.1. The predicted octanol–water partition coefficient (Wildman–Crippen LogP) is 6.00. The summed E-state index contributed by atoms with van der Waals surface area (Å²) in [6.07, 6.45) is 6.49. The third-order valence-electron chi connectivity index (χ3n) is 11.0. The Kier molecular flexibility index (Phi) is 9.78. The SMILES string of the molecule is CCn1c(NC(=O)c2cc3cc4c(cc3nc2C2(CC)CCC(=O)c3ncccc32)OCO4)c(C(=O)NCCc2ccncc2)c(=O)c2cc(OC)c(OC)cc21. The van der Waals surface area contributed by atoms with E-state index in [4.69, 9.17) is 23.9 Å². The van der Waals surface area contributed by atoms with Crippen molar-refractivity contribution < 1.29 is 33.3 Å². The monoisotopic (exact) mass is 768 g/mol. The van der Waals surface area contributed by atoms with Gasteiger partial charge in [-0.1, -0.05) is 13.0 Å². The number of hydrogen-bond donors (Lipinski definition) is 2. The molecule has 6 aromatic rings. The maximum Gasteiger partial charge on any atom is 0.259 e. The summed E-state index contributed by atoms with van der Waals surface area (Å²) in [4.78, 5) is 70.7. The number of ketones is 1. The molecule has 5 heterocycles. The highest BCUT2D eigenvalue weighted by Crippen LogP contribution is 2.47. The van der Waals surface area contributed by atoms with Gasteiger partial charge in [-0.3, -0.25) is 34.1 Å². The number of methoxy groups -OCH3 is 2. The lowest BCUT2D eigenvalue weighted by atomic mass is 9.66. The molecule has 14 nitrogen and oxygen atoms in total. The Balaban J connectivity index is 1.32. The number of hydrogen-bond acceptors (Lipinski definition) is 11. The van der Waals surface area contributed by atoms with Crippen LogP contribution in [0.25, 0.3) is 21.8 Å². The van der Waals surface area contributed by atoms with E-state index in [0.717, 1.165) is 5.56 Å². The molecule has 14 heteroatoms. The minimum atomic E-state index is -0.889. The Bertz CT molecular complexity index is 2660. The largest absolute Gasteiger partial charge is 0.493 e. The van der Waals surface area contributed by atoms with E-state index in [-0.39, 0.29) is 54.4 Å². The first-order valence-electron chi connectivity index (χ1n) is 18.8. The number of aromatic nitrogens is 4. The number of pyridine rings is 4. The van der Waals surface area contributed by atoms with Crippen LogP contribution in [0.4, 0.5) is 5.82 Å². The molecule has 57 heavy (non-hydrogen) atoms. The molecule has 0 fully saturated rings. The molecule has 8 rings (SSSR count). The number of Topliss-reactive ketones (excluding diaryl/α,β-unsaturated/α-hetero) is 1. The molecule has 0 saturated carbocycles. The minimum absolute atomic E-state index is 0.00296. The Hall–Kier alpha value is -6.83. The third-order valence-corrected chi connectivity index (χ3v) is 11.0. The van der Waals surface area contributed by atoms with E-state index in [1.807, 2.05) is 32.0 Å². The highest BCUT2D eigenvalue weighted by Gasteiger charge is 2.44. The van der Waals surface area contributed by atoms with Crippen LogP contribution in [-0.2, 0) is 18.4 Å². The van der Waals surface area contributed by atoms with Gasteiger partial charge in [0.2, 0.25) is 12.2 Å². The molecule has 0 spiro atoms. The summed E-state index contributed by atoms with van der Waals surface area (Å²) in [5, 5.41) is 6.71. The second kappa shape index (κ2) is 15.0. The van der Waals surface area contributed by atoms with Crippen LogP contribution in [0, 0.1) is 0 Å². The molecule has 0 bridgehead atoms. The Morgan fingerprint density at radius 1 is 0.930 bits per heavy atom. The van der Waals surface area contributed by atoms with E-state index < -0.39 is 22.7 Å². The molecule has 1 aliphatic carbocycles. The van der Waals surface area contributed by atoms with Gasteiger partial charge < -0.3 is 34.1 Å². The van der Waals surface area contributed by atoms with Crippen LogP contribution < -0.4 is 35.0 Å². The summed E-state index contributed by atoms with van der Waals surface area (Å²) in [5.41, 5.74) is 1.83. The first kappa shape index (κ1) is 37.1. The molecule has 2 aliphatic rings. The van der Waals surface area contributed by atoms with Gasteiger partial charge in [0.25, 0.3) is 11.8 Å². The summed E-state index contributed by atoms with van der Waals surface area (Å²) in [6.45, 7) is 4.36. The number of carbonyl (C=O) groups excluding carboxylic acids is 3. The predicted molar refractivity (Wildman–Crippen MR) is 212 cm³/mol. The van der Waals surface area contributed by atoms with Crippen molar-refractivity contribution in [2.75, 3.05) is 32.9 Å². The van der Waals surface area contributed by atoms with Gasteiger partial charge in [0.15, 0.2) is 28.8 Å². The van der Waals surface area contributed by atoms with Crippen LogP contribution in [-0.4, -0.2) is 64.7 Å². The number of nitrogens with zero attached hydrogens (tertiary/aromatic N) is 4. The number of ether oxygens (including phenoxy) is 4.